The number of halogens is 1. The minimum Gasteiger partial charge on any atom is -0.456 e. The summed E-state index contributed by atoms with van der Waals surface area (Å²) in [5.41, 5.74) is 8.41. The SMILES string of the molecule is CN(C)c1ccc2c(c1)OC(c1ccccc1)=C\C2=C/C=C/C=C/c1cc(-c2ccccc2)[o+]c2cc(N(C)C)ccc12.[O-][Cl+3]([O-])([O-])[O-]. The Morgan fingerprint density at radius 1 is 0.667 bits per heavy atom. The van der Waals surface area contributed by atoms with Crippen molar-refractivity contribution in [2.24, 2.45) is 0 Å². The van der Waals surface area contributed by atoms with Crippen molar-refractivity contribution in [2.45, 2.75) is 0 Å². The summed E-state index contributed by atoms with van der Waals surface area (Å²) < 4.78 is 46.7. The van der Waals surface area contributed by atoms with E-state index >= 15 is 0 Å². The third-order valence-corrected chi connectivity index (χ3v) is 7.49. The summed E-state index contributed by atoms with van der Waals surface area (Å²) in [5.74, 6) is 2.53. The molecule has 1 aliphatic heterocycles. The Balaban J connectivity index is 0.000000840. The number of ether oxygens (including phenoxy) is 1. The lowest BCUT2D eigenvalue weighted by Crippen LogP contribution is -2.68. The van der Waals surface area contributed by atoms with Gasteiger partial charge in [0.05, 0.1) is 23.1 Å². The predicted molar refractivity (Wildman–Crippen MR) is 182 cm³/mol. The standard InChI is InChI=1S/C39H35N2O2.ClHO4/c1-40(2)32-20-22-34-30(24-36(42-38(34)26-32)28-14-8-5-9-15-28)18-12-7-13-19-31-25-37(29-16-10-6-11-17-29)43-39-27-33(41(3)4)21-23-35(31)39;2-1(3,4)5/h5-27H,1-4H3;(H,2,3,4,5)/q+1;/p-1. The summed E-state index contributed by atoms with van der Waals surface area (Å²) in [6.45, 7) is 0. The number of anilines is 2. The predicted octanol–water partition coefficient (Wildman–Crippen LogP) is 4.84. The Bertz CT molecular complexity index is 1990. The molecule has 0 atom stereocenters. The first-order valence-electron chi connectivity index (χ1n) is 15.0. The van der Waals surface area contributed by atoms with E-state index in [4.69, 9.17) is 27.8 Å². The van der Waals surface area contributed by atoms with Gasteiger partial charge in [0.15, 0.2) is 0 Å². The van der Waals surface area contributed by atoms with E-state index in [0.717, 1.165) is 67.4 Å². The minimum atomic E-state index is -4.94. The molecule has 0 N–H and O–H groups in total. The van der Waals surface area contributed by atoms with E-state index < -0.39 is 10.2 Å². The van der Waals surface area contributed by atoms with Gasteiger partial charge in [-0.15, -0.1) is 10.2 Å². The van der Waals surface area contributed by atoms with Crippen LogP contribution in [0, 0.1) is 10.2 Å². The number of nitrogens with zero attached hydrogens (tertiary/aromatic N) is 2. The number of hydrogen-bond acceptors (Lipinski definition) is 7. The molecule has 0 aliphatic carbocycles. The highest BCUT2D eigenvalue weighted by Gasteiger charge is 2.20. The molecule has 5 aromatic rings. The average molecular weight is 663 g/mol. The summed E-state index contributed by atoms with van der Waals surface area (Å²) >= 11 is 0. The Hall–Kier alpha value is -5.22. The Morgan fingerprint density at radius 3 is 1.92 bits per heavy atom. The Kier molecular flexibility index (Phi) is 10.8. The van der Waals surface area contributed by atoms with Crippen LogP contribution in [0.1, 0.15) is 16.7 Å². The van der Waals surface area contributed by atoms with Crippen LogP contribution in [0.15, 0.2) is 138 Å². The molecule has 48 heavy (non-hydrogen) atoms. The van der Waals surface area contributed by atoms with Gasteiger partial charge in [0.25, 0.3) is 0 Å². The van der Waals surface area contributed by atoms with Gasteiger partial charge in [0, 0.05) is 62.3 Å². The van der Waals surface area contributed by atoms with Gasteiger partial charge in [-0.1, -0.05) is 78.9 Å². The van der Waals surface area contributed by atoms with Crippen molar-refractivity contribution in [1.29, 1.82) is 0 Å². The van der Waals surface area contributed by atoms with Crippen molar-refractivity contribution < 1.29 is 38.0 Å². The molecule has 0 saturated carbocycles. The second-order valence-corrected chi connectivity index (χ2v) is 12.1. The smallest absolute Gasteiger partial charge is 0.363 e. The van der Waals surface area contributed by atoms with Gasteiger partial charge < -0.3 is 14.5 Å². The topological polar surface area (TPSA) is 119 Å². The maximum absolute atomic E-state index is 8.49. The van der Waals surface area contributed by atoms with Crippen LogP contribution in [0.2, 0.25) is 0 Å². The molecule has 4 aromatic carbocycles. The summed E-state index contributed by atoms with van der Waals surface area (Å²) in [7, 11) is 3.22. The summed E-state index contributed by atoms with van der Waals surface area (Å²) in [4.78, 5) is 4.17. The Morgan fingerprint density at radius 2 is 1.27 bits per heavy atom. The first-order valence-corrected chi connectivity index (χ1v) is 16.3. The van der Waals surface area contributed by atoms with E-state index in [0.29, 0.717) is 0 Å². The van der Waals surface area contributed by atoms with Crippen molar-refractivity contribution >= 4 is 39.8 Å². The molecular weight excluding hydrogens is 628 g/mol. The number of fused-ring (bicyclic) bond motifs is 2. The van der Waals surface area contributed by atoms with Crippen LogP contribution < -0.4 is 33.2 Å². The number of hydrogen-bond donors (Lipinski definition) is 0. The van der Waals surface area contributed by atoms with Gasteiger partial charge in [-0.2, -0.15) is 0 Å². The van der Waals surface area contributed by atoms with Gasteiger partial charge in [-0.3, -0.25) is 0 Å². The van der Waals surface area contributed by atoms with E-state index in [1.165, 1.54) is 0 Å². The molecule has 6 rings (SSSR count). The van der Waals surface area contributed by atoms with E-state index in [9.17, 15) is 0 Å². The largest absolute Gasteiger partial charge is 0.456 e. The van der Waals surface area contributed by atoms with E-state index in [-0.39, 0.29) is 0 Å². The average Bonchev–Trinajstić information content (AvgIpc) is 3.07. The molecule has 0 bridgehead atoms. The lowest BCUT2D eigenvalue weighted by Gasteiger charge is -2.23. The zero-order chi connectivity index (χ0) is 34.3. The quantitative estimate of drug-likeness (QED) is 0.179. The normalized spacial score (nSPS) is 13.6. The highest BCUT2D eigenvalue weighted by molar-refractivity contribution is 5.91. The Labute approximate surface area is 282 Å². The highest BCUT2D eigenvalue weighted by Crippen LogP contribution is 2.39. The van der Waals surface area contributed by atoms with Crippen molar-refractivity contribution in [2.75, 3.05) is 38.0 Å². The van der Waals surface area contributed by atoms with Crippen molar-refractivity contribution in [3.05, 3.63) is 150 Å². The highest BCUT2D eigenvalue weighted by atomic mass is 35.7. The van der Waals surface area contributed by atoms with Gasteiger partial charge in [-0.05, 0) is 48.0 Å². The zero-order valence-electron chi connectivity index (χ0n) is 27.0. The fourth-order valence-electron chi connectivity index (χ4n) is 5.11. The molecule has 9 heteroatoms. The molecule has 2 heterocycles. The number of allylic oxidation sites excluding steroid dienone is 6. The van der Waals surface area contributed by atoms with Gasteiger partial charge in [0.1, 0.15) is 11.5 Å². The van der Waals surface area contributed by atoms with Crippen LogP contribution in [-0.2, 0) is 0 Å². The van der Waals surface area contributed by atoms with Gasteiger partial charge >= 0.3 is 11.3 Å². The minimum absolute atomic E-state index is 0.837. The van der Waals surface area contributed by atoms with Crippen LogP contribution in [0.5, 0.6) is 5.75 Å². The molecule has 244 valence electrons. The zero-order valence-corrected chi connectivity index (χ0v) is 27.8. The molecule has 8 nitrogen and oxygen atoms in total. The van der Waals surface area contributed by atoms with Crippen LogP contribution >= 0.6 is 0 Å². The van der Waals surface area contributed by atoms with Gasteiger partial charge in [0.2, 0.25) is 0 Å². The molecule has 0 saturated heterocycles. The van der Waals surface area contributed by atoms with E-state index in [2.05, 4.69) is 113 Å². The molecule has 0 radical (unpaired) electrons. The number of benzene rings is 4. The third kappa shape index (κ3) is 8.98. The molecule has 0 unspecified atom stereocenters. The maximum atomic E-state index is 8.49. The summed E-state index contributed by atoms with van der Waals surface area (Å²) in [6, 6.07) is 35.3. The third-order valence-electron chi connectivity index (χ3n) is 7.49. The lowest BCUT2D eigenvalue weighted by molar-refractivity contribution is -2.00. The monoisotopic (exact) mass is 662 g/mol. The molecule has 1 aliphatic rings. The van der Waals surface area contributed by atoms with E-state index in [1.54, 1.807) is 0 Å². The van der Waals surface area contributed by atoms with E-state index in [1.807, 2.05) is 64.6 Å². The fraction of sp³-hybridized carbons (Fsp3) is 0.103. The molecule has 0 spiro atoms. The fourth-order valence-corrected chi connectivity index (χ4v) is 5.11. The summed E-state index contributed by atoms with van der Waals surface area (Å²) in [5, 5.41) is 1.07. The first kappa shape index (κ1) is 34.1. The molecular formula is C39H35ClN2O6. The van der Waals surface area contributed by atoms with Crippen molar-refractivity contribution in [1.82, 2.24) is 0 Å². The maximum Gasteiger partial charge on any atom is 0.363 e. The van der Waals surface area contributed by atoms with Crippen LogP contribution in [0.4, 0.5) is 11.4 Å². The molecule has 1 aromatic heterocycles. The first-order chi connectivity index (χ1) is 23.0. The van der Waals surface area contributed by atoms with Crippen molar-refractivity contribution in [3.63, 3.8) is 0 Å². The van der Waals surface area contributed by atoms with Gasteiger partial charge in [-0.25, -0.2) is 23.1 Å². The number of rotatable bonds is 7. The second-order valence-electron chi connectivity index (χ2n) is 11.3. The van der Waals surface area contributed by atoms with Crippen molar-refractivity contribution in [3.8, 4) is 17.1 Å². The second kappa shape index (κ2) is 15.1. The molecule has 0 fully saturated rings. The van der Waals surface area contributed by atoms with Crippen LogP contribution in [0.25, 0.3) is 39.7 Å². The van der Waals surface area contributed by atoms with Crippen LogP contribution in [-0.4, -0.2) is 28.2 Å². The van der Waals surface area contributed by atoms with Crippen LogP contribution in [0.3, 0.4) is 0 Å². The molecule has 0 amide bonds. The lowest BCUT2D eigenvalue weighted by atomic mass is 9.98. The summed E-state index contributed by atoms with van der Waals surface area (Å²) in [6.07, 6.45) is 12.6.